The van der Waals surface area contributed by atoms with Crippen molar-refractivity contribution in [2.45, 2.75) is 30.0 Å². The first-order chi connectivity index (χ1) is 13.4. The molecule has 0 radical (unpaired) electrons. The van der Waals surface area contributed by atoms with Gasteiger partial charge in [0.25, 0.3) is 10.0 Å². The minimum atomic E-state index is -3.42. The molecule has 3 heterocycles. The van der Waals surface area contributed by atoms with Crippen LogP contribution < -0.4 is 0 Å². The molecule has 0 unspecified atom stereocenters. The summed E-state index contributed by atoms with van der Waals surface area (Å²) in [7, 11) is -1.66. The van der Waals surface area contributed by atoms with Crippen molar-refractivity contribution in [3.63, 3.8) is 0 Å². The summed E-state index contributed by atoms with van der Waals surface area (Å²) in [6.45, 7) is 1.61. The predicted octanol–water partition coefficient (Wildman–Crippen LogP) is 3.34. The van der Waals surface area contributed by atoms with Crippen LogP contribution in [0.4, 0.5) is 0 Å². The van der Waals surface area contributed by atoms with Crippen LogP contribution in [0.2, 0.25) is 0 Å². The Labute approximate surface area is 172 Å². The lowest BCUT2D eigenvalue weighted by Gasteiger charge is -2.15. The highest BCUT2D eigenvalue weighted by atomic mass is 32.2. The van der Waals surface area contributed by atoms with E-state index in [4.69, 9.17) is 0 Å². The zero-order valence-corrected chi connectivity index (χ0v) is 17.9. The zero-order chi connectivity index (χ0) is 19.7. The van der Waals surface area contributed by atoms with E-state index in [1.165, 1.54) is 15.6 Å². The number of carbonyl (C=O) groups excluding carboxylic acids is 1. The second-order valence-electron chi connectivity index (χ2n) is 6.83. The van der Waals surface area contributed by atoms with Crippen molar-refractivity contribution < 1.29 is 13.2 Å². The normalized spacial score (nSPS) is 15.3. The van der Waals surface area contributed by atoms with E-state index in [2.05, 4.69) is 4.98 Å². The lowest BCUT2D eigenvalue weighted by molar-refractivity contribution is -0.129. The number of thiazole rings is 1. The third-order valence-corrected chi connectivity index (χ3v) is 9.23. The molecule has 28 heavy (non-hydrogen) atoms. The Morgan fingerprint density at radius 3 is 2.64 bits per heavy atom. The molecule has 0 aliphatic carbocycles. The number of thiophene rings is 1. The van der Waals surface area contributed by atoms with Crippen molar-refractivity contribution in [1.29, 1.82) is 0 Å². The zero-order valence-electron chi connectivity index (χ0n) is 15.5. The number of sulfonamides is 1. The topological polar surface area (TPSA) is 70.6 Å². The van der Waals surface area contributed by atoms with Gasteiger partial charge < -0.3 is 4.90 Å². The maximum atomic E-state index is 12.6. The van der Waals surface area contributed by atoms with Gasteiger partial charge in [0.2, 0.25) is 5.91 Å². The van der Waals surface area contributed by atoms with Crippen LogP contribution in [0, 0.1) is 0 Å². The first-order valence-corrected chi connectivity index (χ1v) is 12.2. The fourth-order valence-electron chi connectivity index (χ4n) is 3.21. The van der Waals surface area contributed by atoms with Gasteiger partial charge in [-0.3, -0.25) is 4.79 Å². The van der Waals surface area contributed by atoms with Crippen molar-refractivity contribution in [2.75, 3.05) is 20.1 Å². The molecule has 6 nitrogen and oxygen atoms in total. The summed E-state index contributed by atoms with van der Waals surface area (Å²) >= 11 is 2.78. The minimum Gasteiger partial charge on any atom is -0.339 e. The molecule has 1 saturated heterocycles. The van der Waals surface area contributed by atoms with E-state index in [0.29, 0.717) is 23.8 Å². The molecule has 0 spiro atoms. The highest BCUT2D eigenvalue weighted by molar-refractivity contribution is 7.91. The van der Waals surface area contributed by atoms with Crippen LogP contribution >= 0.6 is 22.7 Å². The Kier molecular flexibility index (Phi) is 5.50. The van der Waals surface area contributed by atoms with Gasteiger partial charge >= 0.3 is 0 Å². The molecule has 2 aromatic heterocycles. The van der Waals surface area contributed by atoms with Crippen LogP contribution in [0.5, 0.6) is 0 Å². The van der Waals surface area contributed by atoms with Crippen LogP contribution in [0.3, 0.4) is 0 Å². The highest BCUT2D eigenvalue weighted by Gasteiger charge is 2.28. The van der Waals surface area contributed by atoms with Crippen molar-refractivity contribution in [3.8, 4) is 0 Å². The quantitative estimate of drug-likeness (QED) is 0.595. The lowest BCUT2D eigenvalue weighted by Crippen LogP contribution is -2.27. The van der Waals surface area contributed by atoms with Crippen molar-refractivity contribution >= 4 is 48.8 Å². The van der Waals surface area contributed by atoms with E-state index in [1.54, 1.807) is 35.4 Å². The van der Waals surface area contributed by atoms with Gasteiger partial charge in [-0.1, -0.05) is 12.1 Å². The van der Waals surface area contributed by atoms with Crippen LogP contribution in [0.1, 0.15) is 22.7 Å². The molecule has 1 fully saturated rings. The third kappa shape index (κ3) is 3.98. The molecule has 0 atom stereocenters. The van der Waals surface area contributed by atoms with Gasteiger partial charge in [-0.25, -0.2) is 13.4 Å². The summed E-state index contributed by atoms with van der Waals surface area (Å²) in [5, 5.41) is 0.889. The fourth-order valence-corrected chi connectivity index (χ4v) is 7.25. The Balaban J connectivity index is 1.41. The smallest absolute Gasteiger partial charge is 0.252 e. The van der Waals surface area contributed by atoms with E-state index in [-0.39, 0.29) is 12.3 Å². The Bertz CT molecular complexity index is 1060. The SMILES string of the molecule is CN(Cc1nc2ccccc2s1)C(=O)Cc1ccc(S(=O)(=O)N2CCCC2)s1. The number of likely N-dealkylation sites (N-methyl/N-ethyl adjacent to an activating group) is 1. The molecule has 4 rings (SSSR count). The van der Waals surface area contributed by atoms with E-state index >= 15 is 0 Å². The van der Waals surface area contributed by atoms with Gasteiger partial charge in [0.1, 0.15) is 9.22 Å². The number of nitrogens with zero attached hydrogens (tertiary/aromatic N) is 3. The molecular weight excluding hydrogens is 414 g/mol. The number of hydrogen-bond donors (Lipinski definition) is 0. The summed E-state index contributed by atoms with van der Waals surface area (Å²) in [5.41, 5.74) is 0.943. The van der Waals surface area contributed by atoms with Gasteiger partial charge in [0.15, 0.2) is 0 Å². The molecule has 1 aliphatic rings. The Morgan fingerprint density at radius 2 is 1.89 bits per heavy atom. The Hall–Kier alpha value is -1.81. The van der Waals surface area contributed by atoms with Gasteiger partial charge in [0, 0.05) is 25.0 Å². The van der Waals surface area contributed by atoms with Crippen molar-refractivity contribution in [1.82, 2.24) is 14.2 Å². The van der Waals surface area contributed by atoms with Crippen LogP contribution in [0.25, 0.3) is 10.2 Å². The van der Waals surface area contributed by atoms with Crippen molar-refractivity contribution in [3.05, 3.63) is 46.3 Å². The monoisotopic (exact) mass is 435 g/mol. The van der Waals surface area contributed by atoms with Crippen LogP contribution in [-0.4, -0.2) is 48.7 Å². The molecule has 1 aromatic carbocycles. The minimum absolute atomic E-state index is 0.0498. The first kappa shape index (κ1) is 19.5. The standard InChI is InChI=1S/C19H21N3O3S3/c1-21(13-17-20-15-6-2-3-7-16(15)27-17)18(23)12-14-8-9-19(26-14)28(24,25)22-10-4-5-11-22/h2-3,6-9H,4-5,10-13H2,1H3. The maximum absolute atomic E-state index is 12.6. The maximum Gasteiger partial charge on any atom is 0.252 e. The van der Waals surface area contributed by atoms with Gasteiger partial charge in [0.05, 0.1) is 23.2 Å². The lowest BCUT2D eigenvalue weighted by atomic mass is 10.3. The molecule has 0 N–H and O–H groups in total. The number of hydrogen-bond acceptors (Lipinski definition) is 6. The van der Waals surface area contributed by atoms with Gasteiger partial charge in [-0.15, -0.1) is 22.7 Å². The average molecular weight is 436 g/mol. The van der Waals surface area contributed by atoms with Crippen LogP contribution in [0.15, 0.2) is 40.6 Å². The van der Waals surface area contributed by atoms with Gasteiger partial charge in [-0.05, 0) is 37.1 Å². The number of benzene rings is 1. The largest absolute Gasteiger partial charge is 0.339 e. The number of carbonyl (C=O) groups is 1. The van der Waals surface area contributed by atoms with E-state index in [1.807, 2.05) is 24.3 Å². The Morgan fingerprint density at radius 1 is 1.14 bits per heavy atom. The molecule has 1 aliphatic heterocycles. The molecule has 0 bridgehead atoms. The molecule has 148 valence electrons. The number of para-hydroxylation sites is 1. The van der Waals surface area contributed by atoms with E-state index < -0.39 is 10.0 Å². The van der Waals surface area contributed by atoms with Gasteiger partial charge in [-0.2, -0.15) is 4.31 Å². The second kappa shape index (κ2) is 7.90. The molecule has 9 heteroatoms. The third-order valence-electron chi connectivity index (χ3n) is 4.76. The number of aromatic nitrogens is 1. The number of amides is 1. The second-order valence-corrected chi connectivity index (χ2v) is 11.3. The van der Waals surface area contributed by atoms with E-state index in [0.717, 1.165) is 32.9 Å². The number of rotatable bonds is 6. The first-order valence-electron chi connectivity index (χ1n) is 9.11. The molecule has 0 saturated carbocycles. The molecule has 3 aromatic rings. The predicted molar refractivity (Wildman–Crippen MR) is 112 cm³/mol. The highest BCUT2D eigenvalue weighted by Crippen LogP contribution is 2.28. The fraction of sp³-hybridized carbons (Fsp3) is 0.368. The molecule has 1 amide bonds. The number of fused-ring (bicyclic) bond motifs is 1. The summed E-state index contributed by atoms with van der Waals surface area (Å²) in [5.74, 6) is -0.0498. The summed E-state index contributed by atoms with van der Waals surface area (Å²) in [4.78, 5) is 19.6. The summed E-state index contributed by atoms with van der Waals surface area (Å²) in [6, 6.07) is 11.3. The molecular formula is C19H21N3O3S3. The summed E-state index contributed by atoms with van der Waals surface area (Å²) < 4.78 is 28.2. The van der Waals surface area contributed by atoms with E-state index in [9.17, 15) is 13.2 Å². The summed E-state index contributed by atoms with van der Waals surface area (Å²) in [6.07, 6.45) is 2.01. The van der Waals surface area contributed by atoms with Crippen molar-refractivity contribution in [2.24, 2.45) is 0 Å². The average Bonchev–Trinajstić information content (AvgIpc) is 3.41. The van der Waals surface area contributed by atoms with Crippen LogP contribution in [-0.2, 0) is 27.8 Å².